The fourth-order valence-corrected chi connectivity index (χ4v) is 2.50. The first-order valence-corrected chi connectivity index (χ1v) is 6.40. The van der Waals surface area contributed by atoms with E-state index < -0.39 is 0 Å². The summed E-state index contributed by atoms with van der Waals surface area (Å²) in [6.07, 6.45) is 1.10. The highest BCUT2D eigenvalue weighted by molar-refractivity contribution is 5.59. The lowest BCUT2D eigenvalue weighted by Gasteiger charge is -2.29. The van der Waals surface area contributed by atoms with E-state index in [2.05, 4.69) is 22.9 Å². The second-order valence-electron chi connectivity index (χ2n) is 4.80. The van der Waals surface area contributed by atoms with Crippen LogP contribution in [0.15, 0.2) is 24.3 Å². The van der Waals surface area contributed by atoms with Gasteiger partial charge in [-0.2, -0.15) is 5.26 Å². The molecule has 1 aliphatic heterocycles. The van der Waals surface area contributed by atoms with Crippen LogP contribution >= 0.6 is 0 Å². The van der Waals surface area contributed by atoms with Gasteiger partial charge >= 0.3 is 0 Å². The van der Waals surface area contributed by atoms with Crippen molar-refractivity contribution in [1.29, 1.82) is 5.26 Å². The van der Waals surface area contributed by atoms with E-state index >= 15 is 0 Å². The van der Waals surface area contributed by atoms with Crippen molar-refractivity contribution in [3.8, 4) is 6.07 Å². The smallest absolute Gasteiger partial charge is 0.101 e. The van der Waals surface area contributed by atoms with Crippen molar-refractivity contribution >= 4 is 5.69 Å². The van der Waals surface area contributed by atoms with Gasteiger partial charge in [-0.05, 0) is 32.1 Å². The summed E-state index contributed by atoms with van der Waals surface area (Å²) >= 11 is 0. The summed E-state index contributed by atoms with van der Waals surface area (Å²) in [5.74, 6) is 0. The Kier molecular flexibility index (Phi) is 4.19. The molecular formula is C14H20N4. The molecule has 1 aliphatic rings. The summed E-state index contributed by atoms with van der Waals surface area (Å²) in [5.41, 5.74) is 7.62. The molecule has 2 N–H and O–H groups in total. The van der Waals surface area contributed by atoms with Crippen molar-refractivity contribution < 1.29 is 0 Å². The summed E-state index contributed by atoms with van der Waals surface area (Å²) < 4.78 is 0. The van der Waals surface area contributed by atoms with Crippen molar-refractivity contribution in [2.24, 2.45) is 5.73 Å². The van der Waals surface area contributed by atoms with Gasteiger partial charge in [0.2, 0.25) is 0 Å². The van der Waals surface area contributed by atoms with Gasteiger partial charge in [-0.1, -0.05) is 12.1 Å². The Balaban J connectivity index is 2.24. The van der Waals surface area contributed by atoms with Gasteiger partial charge in [0.15, 0.2) is 0 Å². The van der Waals surface area contributed by atoms with Crippen molar-refractivity contribution in [2.75, 3.05) is 38.1 Å². The lowest BCUT2D eigenvalue weighted by atomic mass is 10.1. The largest absolute Gasteiger partial charge is 0.369 e. The topological polar surface area (TPSA) is 56.3 Å². The van der Waals surface area contributed by atoms with Gasteiger partial charge in [0.05, 0.1) is 11.3 Å². The van der Waals surface area contributed by atoms with Crippen LogP contribution in [0.3, 0.4) is 0 Å². The normalized spacial score (nSPS) is 21.4. The number of nitrogens with two attached hydrogens (primary N) is 1. The first kappa shape index (κ1) is 12.9. The Hall–Kier alpha value is -1.57. The molecular weight excluding hydrogens is 224 g/mol. The molecule has 0 amide bonds. The average Bonchev–Trinajstić information content (AvgIpc) is 2.60. The molecule has 1 heterocycles. The zero-order chi connectivity index (χ0) is 13.0. The molecule has 0 spiro atoms. The number of para-hydroxylation sites is 1. The van der Waals surface area contributed by atoms with Crippen LogP contribution in [0.5, 0.6) is 0 Å². The van der Waals surface area contributed by atoms with Crippen LogP contribution in [-0.2, 0) is 0 Å². The maximum Gasteiger partial charge on any atom is 0.101 e. The Morgan fingerprint density at radius 1 is 1.39 bits per heavy atom. The highest BCUT2D eigenvalue weighted by Crippen LogP contribution is 2.22. The quantitative estimate of drug-likeness (QED) is 0.844. The monoisotopic (exact) mass is 244 g/mol. The number of anilines is 1. The Morgan fingerprint density at radius 3 is 2.89 bits per heavy atom. The Labute approximate surface area is 109 Å². The molecule has 1 aromatic rings. The number of rotatable bonds is 2. The van der Waals surface area contributed by atoms with Gasteiger partial charge in [-0.3, -0.25) is 0 Å². The van der Waals surface area contributed by atoms with E-state index in [1.807, 2.05) is 24.3 Å². The van der Waals surface area contributed by atoms with E-state index in [0.717, 1.165) is 37.3 Å². The molecule has 4 heteroatoms. The zero-order valence-corrected chi connectivity index (χ0v) is 10.8. The van der Waals surface area contributed by atoms with Crippen LogP contribution in [0.4, 0.5) is 5.69 Å². The Morgan fingerprint density at radius 2 is 2.17 bits per heavy atom. The predicted octanol–water partition coefficient (Wildman–Crippen LogP) is 1.03. The number of nitriles is 1. The third kappa shape index (κ3) is 2.63. The summed E-state index contributed by atoms with van der Waals surface area (Å²) in [5, 5.41) is 9.18. The third-order valence-corrected chi connectivity index (χ3v) is 3.63. The lowest BCUT2D eigenvalue weighted by molar-refractivity contribution is 0.266. The molecule has 1 unspecified atom stereocenters. The zero-order valence-electron chi connectivity index (χ0n) is 10.8. The molecule has 0 bridgehead atoms. The van der Waals surface area contributed by atoms with Gasteiger partial charge in [-0.25, -0.2) is 0 Å². The van der Waals surface area contributed by atoms with Crippen LogP contribution in [0.25, 0.3) is 0 Å². The SMILES string of the molecule is CN1CCCN(c2ccccc2C#N)CC1CN. The van der Waals surface area contributed by atoms with Crippen LogP contribution < -0.4 is 10.6 Å². The number of hydrogen-bond donors (Lipinski definition) is 1. The van der Waals surface area contributed by atoms with Gasteiger partial charge in [0.1, 0.15) is 6.07 Å². The van der Waals surface area contributed by atoms with Crippen LogP contribution in [0, 0.1) is 11.3 Å². The number of hydrogen-bond acceptors (Lipinski definition) is 4. The van der Waals surface area contributed by atoms with E-state index in [1.165, 1.54) is 0 Å². The molecule has 0 saturated carbocycles. The maximum absolute atomic E-state index is 9.18. The van der Waals surface area contributed by atoms with Crippen molar-refractivity contribution in [3.63, 3.8) is 0 Å². The van der Waals surface area contributed by atoms with E-state index in [4.69, 9.17) is 5.73 Å². The first-order chi connectivity index (χ1) is 8.76. The second-order valence-corrected chi connectivity index (χ2v) is 4.80. The van der Waals surface area contributed by atoms with E-state index in [1.54, 1.807) is 0 Å². The van der Waals surface area contributed by atoms with E-state index in [9.17, 15) is 5.26 Å². The third-order valence-electron chi connectivity index (χ3n) is 3.63. The highest BCUT2D eigenvalue weighted by atomic mass is 15.2. The molecule has 0 aliphatic carbocycles. The van der Waals surface area contributed by atoms with Gasteiger partial charge in [0, 0.05) is 25.7 Å². The minimum atomic E-state index is 0.360. The fourth-order valence-electron chi connectivity index (χ4n) is 2.50. The van der Waals surface area contributed by atoms with Gasteiger partial charge < -0.3 is 15.5 Å². The summed E-state index contributed by atoms with van der Waals surface area (Å²) in [7, 11) is 2.12. The number of likely N-dealkylation sites (N-methyl/N-ethyl adjacent to an activating group) is 1. The van der Waals surface area contributed by atoms with Crippen LogP contribution in [-0.4, -0.2) is 44.2 Å². The molecule has 0 radical (unpaired) electrons. The molecule has 96 valence electrons. The second kappa shape index (κ2) is 5.85. The molecule has 18 heavy (non-hydrogen) atoms. The minimum absolute atomic E-state index is 0.360. The van der Waals surface area contributed by atoms with Gasteiger partial charge in [-0.15, -0.1) is 0 Å². The molecule has 1 fully saturated rings. The van der Waals surface area contributed by atoms with Crippen molar-refractivity contribution in [2.45, 2.75) is 12.5 Å². The highest BCUT2D eigenvalue weighted by Gasteiger charge is 2.22. The molecule has 4 nitrogen and oxygen atoms in total. The lowest BCUT2D eigenvalue weighted by Crippen LogP contribution is -2.44. The summed E-state index contributed by atoms with van der Waals surface area (Å²) in [6, 6.07) is 10.4. The number of benzene rings is 1. The average molecular weight is 244 g/mol. The fraction of sp³-hybridized carbons (Fsp3) is 0.500. The Bertz CT molecular complexity index is 438. The summed E-state index contributed by atoms with van der Waals surface area (Å²) in [6.45, 7) is 3.60. The van der Waals surface area contributed by atoms with E-state index in [0.29, 0.717) is 12.6 Å². The van der Waals surface area contributed by atoms with Crippen LogP contribution in [0.2, 0.25) is 0 Å². The predicted molar refractivity (Wildman–Crippen MR) is 73.5 cm³/mol. The first-order valence-electron chi connectivity index (χ1n) is 6.40. The summed E-state index contributed by atoms with van der Waals surface area (Å²) in [4.78, 5) is 4.61. The van der Waals surface area contributed by atoms with E-state index in [-0.39, 0.29) is 0 Å². The molecule has 1 atom stereocenters. The van der Waals surface area contributed by atoms with Gasteiger partial charge in [0.25, 0.3) is 0 Å². The minimum Gasteiger partial charge on any atom is -0.369 e. The van der Waals surface area contributed by atoms with Crippen LogP contribution in [0.1, 0.15) is 12.0 Å². The molecule has 1 saturated heterocycles. The van der Waals surface area contributed by atoms with Crippen molar-refractivity contribution in [1.82, 2.24) is 4.90 Å². The number of nitrogens with zero attached hydrogens (tertiary/aromatic N) is 3. The maximum atomic E-state index is 9.18. The molecule has 2 rings (SSSR count). The van der Waals surface area contributed by atoms with Crippen molar-refractivity contribution in [3.05, 3.63) is 29.8 Å². The standard InChI is InChI=1S/C14H20N4/c1-17-7-4-8-18(11-13(17)10-16)14-6-3-2-5-12(14)9-15/h2-3,5-6,13H,4,7-8,10-11,16H2,1H3. The molecule has 1 aromatic carbocycles. The molecule has 0 aromatic heterocycles.